The van der Waals surface area contributed by atoms with Gasteiger partial charge in [-0.1, -0.05) is 39.0 Å². The van der Waals surface area contributed by atoms with Gasteiger partial charge in [0.15, 0.2) is 0 Å². The van der Waals surface area contributed by atoms with E-state index in [0.29, 0.717) is 5.56 Å². The number of aromatic nitrogens is 1. The summed E-state index contributed by atoms with van der Waals surface area (Å²) in [6, 6.07) is 13.6. The number of hydrogen-bond donors (Lipinski definition) is 2. The average Bonchev–Trinajstić information content (AvgIpc) is 2.97. The Morgan fingerprint density at radius 2 is 1.88 bits per heavy atom. The van der Waals surface area contributed by atoms with Gasteiger partial charge in [-0.3, -0.25) is 4.79 Å². The quantitative estimate of drug-likeness (QED) is 0.732. The number of H-pyrrole nitrogens is 1. The fourth-order valence-electron chi connectivity index (χ4n) is 2.85. The Kier molecular flexibility index (Phi) is 4.06. The van der Waals surface area contributed by atoms with Crippen molar-refractivity contribution in [3.05, 3.63) is 59.8 Å². The number of aromatic amines is 1. The lowest BCUT2D eigenvalue weighted by atomic mass is 9.86. The first kappa shape index (κ1) is 16.1. The molecule has 0 aliphatic heterocycles. The van der Waals surface area contributed by atoms with Crippen molar-refractivity contribution in [2.24, 2.45) is 0 Å². The van der Waals surface area contributed by atoms with Gasteiger partial charge in [0, 0.05) is 22.8 Å². The number of hydrogen-bond acceptors (Lipinski definition) is 2. The number of fused-ring (bicyclic) bond motifs is 1. The van der Waals surface area contributed by atoms with Crippen LogP contribution in [0.3, 0.4) is 0 Å². The van der Waals surface area contributed by atoms with E-state index in [1.807, 2.05) is 42.5 Å². The number of benzene rings is 2. The highest BCUT2D eigenvalue weighted by molar-refractivity contribution is 6.13. The minimum atomic E-state index is -0.133. The van der Waals surface area contributed by atoms with Crippen LogP contribution in [0.5, 0.6) is 5.75 Å². The van der Waals surface area contributed by atoms with Crippen LogP contribution in [0.4, 0.5) is 5.69 Å². The standard InChI is InChI=1S/C20H22N2O2/c1-20(2,3)16-7-5-6-8-18(16)22-19(23)15-12-21-17-10-9-13(24-4)11-14(15)17/h5-12,21H,1-4H3,(H,22,23). The maximum atomic E-state index is 12.8. The van der Waals surface area contributed by atoms with E-state index in [1.165, 1.54) is 0 Å². The van der Waals surface area contributed by atoms with Crippen LogP contribution in [-0.4, -0.2) is 18.0 Å². The predicted octanol–water partition coefficient (Wildman–Crippen LogP) is 4.73. The second-order valence-electron chi connectivity index (χ2n) is 6.86. The van der Waals surface area contributed by atoms with Crippen molar-refractivity contribution in [1.29, 1.82) is 0 Å². The number of rotatable bonds is 3. The highest BCUT2D eigenvalue weighted by Gasteiger charge is 2.20. The molecule has 24 heavy (non-hydrogen) atoms. The maximum Gasteiger partial charge on any atom is 0.257 e. The molecule has 0 aliphatic rings. The van der Waals surface area contributed by atoms with E-state index in [2.05, 4.69) is 31.1 Å². The zero-order chi connectivity index (χ0) is 17.3. The maximum absolute atomic E-state index is 12.8. The molecule has 124 valence electrons. The van der Waals surface area contributed by atoms with Crippen LogP contribution in [0.1, 0.15) is 36.7 Å². The minimum absolute atomic E-state index is 0.0483. The molecule has 0 bridgehead atoms. The largest absolute Gasteiger partial charge is 0.497 e. The van der Waals surface area contributed by atoms with Crippen molar-refractivity contribution in [3.63, 3.8) is 0 Å². The molecule has 0 radical (unpaired) electrons. The molecule has 0 saturated carbocycles. The summed E-state index contributed by atoms with van der Waals surface area (Å²) in [5.74, 6) is 0.595. The third-order valence-corrected chi connectivity index (χ3v) is 4.12. The lowest BCUT2D eigenvalue weighted by Gasteiger charge is -2.22. The molecule has 0 unspecified atom stereocenters. The molecule has 3 aromatic rings. The van der Waals surface area contributed by atoms with Crippen molar-refractivity contribution in [2.45, 2.75) is 26.2 Å². The van der Waals surface area contributed by atoms with Gasteiger partial charge in [0.05, 0.1) is 12.7 Å². The summed E-state index contributed by atoms with van der Waals surface area (Å²) in [6.07, 6.45) is 1.74. The minimum Gasteiger partial charge on any atom is -0.497 e. The molecule has 0 saturated heterocycles. The smallest absolute Gasteiger partial charge is 0.257 e. The number of anilines is 1. The molecule has 0 atom stereocenters. The topological polar surface area (TPSA) is 54.1 Å². The van der Waals surface area contributed by atoms with Crippen LogP contribution in [0.15, 0.2) is 48.7 Å². The number of carbonyl (C=O) groups is 1. The lowest BCUT2D eigenvalue weighted by molar-refractivity contribution is 0.102. The summed E-state index contributed by atoms with van der Waals surface area (Å²) >= 11 is 0. The Balaban J connectivity index is 1.97. The molecular weight excluding hydrogens is 300 g/mol. The first-order valence-electron chi connectivity index (χ1n) is 7.96. The van der Waals surface area contributed by atoms with Crippen LogP contribution in [-0.2, 0) is 5.41 Å². The summed E-state index contributed by atoms with van der Waals surface area (Å²) in [5, 5.41) is 3.90. The van der Waals surface area contributed by atoms with Crippen molar-refractivity contribution in [3.8, 4) is 5.75 Å². The van der Waals surface area contributed by atoms with E-state index >= 15 is 0 Å². The molecular formula is C20H22N2O2. The van der Waals surface area contributed by atoms with E-state index < -0.39 is 0 Å². The van der Waals surface area contributed by atoms with Gasteiger partial charge in [-0.15, -0.1) is 0 Å². The van der Waals surface area contributed by atoms with E-state index in [1.54, 1.807) is 13.3 Å². The van der Waals surface area contributed by atoms with Crippen molar-refractivity contribution in [2.75, 3.05) is 12.4 Å². The number of methoxy groups -OCH3 is 1. The first-order chi connectivity index (χ1) is 11.4. The zero-order valence-corrected chi connectivity index (χ0v) is 14.4. The predicted molar refractivity (Wildman–Crippen MR) is 97.9 cm³/mol. The van der Waals surface area contributed by atoms with Crippen molar-refractivity contribution >= 4 is 22.5 Å². The molecule has 0 spiro atoms. The fraction of sp³-hybridized carbons (Fsp3) is 0.250. The molecule has 0 aliphatic carbocycles. The molecule has 2 N–H and O–H groups in total. The average molecular weight is 322 g/mol. The SMILES string of the molecule is COc1ccc2[nH]cc(C(=O)Nc3ccccc3C(C)(C)C)c2c1. The third kappa shape index (κ3) is 3.00. The number of carbonyl (C=O) groups excluding carboxylic acids is 1. The second-order valence-corrected chi connectivity index (χ2v) is 6.86. The van der Waals surface area contributed by atoms with Crippen LogP contribution in [0, 0.1) is 0 Å². The highest BCUT2D eigenvalue weighted by atomic mass is 16.5. The van der Waals surface area contributed by atoms with Gasteiger partial charge in [-0.2, -0.15) is 0 Å². The van der Waals surface area contributed by atoms with E-state index in [0.717, 1.165) is 27.9 Å². The van der Waals surface area contributed by atoms with Crippen molar-refractivity contribution in [1.82, 2.24) is 4.98 Å². The normalized spacial score (nSPS) is 11.5. The number of nitrogens with one attached hydrogen (secondary N) is 2. The molecule has 1 aromatic heterocycles. The molecule has 3 rings (SSSR count). The third-order valence-electron chi connectivity index (χ3n) is 4.12. The van der Waals surface area contributed by atoms with Gasteiger partial charge in [0.1, 0.15) is 5.75 Å². The summed E-state index contributed by atoms with van der Waals surface area (Å²) in [6.45, 7) is 6.40. The molecule has 1 amide bonds. The van der Waals surface area contributed by atoms with Gasteiger partial charge < -0.3 is 15.0 Å². The van der Waals surface area contributed by atoms with E-state index in [9.17, 15) is 4.79 Å². The number of ether oxygens (including phenoxy) is 1. The van der Waals surface area contributed by atoms with E-state index in [-0.39, 0.29) is 11.3 Å². The summed E-state index contributed by atoms with van der Waals surface area (Å²) in [5.41, 5.74) is 3.41. The van der Waals surface area contributed by atoms with Crippen LogP contribution < -0.4 is 10.1 Å². The fourth-order valence-corrected chi connectivity index (χ4v) is 2.85. The molecule has 1 heterocycles. The van der Waals surface area contributed by atoms with Crippen LogP contribution in [0.25, 0.3) is 10.9 Å². The lowest BCUT2D eigenvalue weighted by Crippen LogP contribution is -2.18. The van der Waals surface area contributed by atoms with Gasteiger partial charge >= 0.3 is 0 Å². The molecule has 4 heteroatoms. The van der Waals surface area contributed by atoms with Crippen LogP contribution >= 0.6 is 0 Å². The summed E-state index contributed by atoms with van der Waals surface area (Å²) in [7, 11) is 1.62. The Bertz CT molecular complexity index is 888. The highest BCUT2D eigenvalue weighted by Crippen LogP contribution is 2.30. The van der Waals surface area contributed by atoms with Gasteiger partial charge in [-0.05, 0) is 35.2 Å². The molecule has 0 fully saturated rings. The summed E-state index contributed by atoms with van der Waals surface area (Å²) < 4.78 is 5.26. The van der Waals surface area contributed by atoms with Crippen LogP contribution in [0.2, 0.25) is 0 Å². The number of para-hydroxylation sites is 1. The van der Waals surface area contributed by atoms with Gasteiger partial charge in [0.2, 0.25) is 0 Å². The van der Waals surface area contributed by atoms with E-state index in [4.69, 9.17) is 4.74 Å². The molecule has 4 nitrogen and oxygen atoms in total. The Labute approximate surface area is 141 Å². The Morgan fingerprint density at radius 3 is 2.58 bits per heavy atom. The second kappa shape index (κ2) is 6.04. The van der Waals surface area contributed by atoms with Gasteiger partial charge in [-0.25, -0.2) is 0 Å². The van der Waals surface area contributed by atoms with Crippen molar-refractivity contribution < 1.29 is 9.53 Å². The van der Waals surface area contributed by atoms with Gasteiger partial charge in [0.25, 0.3) is 5.91 Å². The first-order valence-corrected chi connectivity index (χ1v) is 7.96. The number of amides is 1. The summed E-state index contributed by atoms with van der Waals surface area (Å²) in [4.78, 5) is 15.9. The monoisotopic (exact) mass is 322 g/mol. The Morgan fingerprint density at radius 1 is 1.12 bits per heavy atom. The zero-order valence-electron chi connectivity index (χ0n) is 14.4. The molecule has 2 aromatic carbocycles. The Hall–Kier alpha value is -2.75.